The van der Waals surface area contributed by atoms with Crippen LogP contribution in [-0.4, -0.2) is 13.2 Å². The Bertz CT molecular complexity index is 369. The topological polar surface area (TPSA) is 44.5 Å². The fourth-order valence-corrected chi connectivity index (χ4v) is 1.95. The Morgan fingerprint density at radius 2 is 2.12 bits per heavy atom. The van der Waals surface area contributed by atoms with E-state index >= 15 is 0 Å². The number of benzene rings is 1. The van der Waals surface area contributed by atoms with Gasteiger partial charge in [0.25, 0.3) is 0 Å². The first-order chi connectivity index (χ1) is 8.12. The van der Waals surface area contributed by atoms with Gasteiger partial charge in [0.15, 0.2) is 11.5 Å². The number of halogens is 1. The van der Waals surface area contributed by atoms with E-state index in [1.54, 1.807) is 7.11 Å². The first-order valence-corrected chi connectivity index (χ1v) is 6.23. The molecule has 3 nitrogen and oxygen atoms in total. The predicted octanol–water partition coefficient (Wildman–Crippen LogP) is 3.37. The summed E-state index contributed by atoms with van der Waals surface area (Å²) in [5.41, 5.74) is 6.52. The number of hydrogen-bond acceptors (Lipinski definition) is 3. The van der Waals surface area contributed by atoms with E-state index in [9.17, 15) is 0 Å². The van der Waals surface area contributed by atoms with E-state index in [1.807, 2.05) is 19.1 Å². The van der Waals surface area contributed by atoms with E-state index in [0.717, 1.165) is 18.4 Å². The number of nitrogens with two attached hydrogens (primary N) is 1. The fraction of sp³-hybridized carbons (Fsp3) is 0.538. The lowest BCUT2D eigenvalue weighted by molar-refractivity contribution is 0.201. The third-order valence-electron chi connectivity index (χ3n) is 2.54. The highest BCUT2D eigenvalue weighted by atomic mass is 35.5. The summed E-state index contributed by atoms with van der Waals surface area (Å²) in [5, 5.41) is 0.549. The second-order valence-electron chi connectivity index (χ2n) is 4.03. The summed E-state index contributed by atoms with van der Waals surface area (Å²) in [6.45, 7) is 4.58. The number of rotatable bonds is 6. The Morgan fingerprint density at radius 3 is 2.65 bits per heavy atom. The standard InChI is InChI=1S/C13H20ClNO2/c1-4-5-9(2)17-13-11(14)6-10(8-15)7-12(13)16-3/h6-7,9H,4-5,8,15H2,1-3H3. The Labute approximate surface area is 108 Å². The van der Waals surface area contributed by atoms with E-state index in [2.05, 4.69) is 6.92 Å². The minimum Gasteiger partial charge on any atom is -0.493 e. The molecule has 0 radical (unpaired) electrons. The minimum absolute atomic E-state index is 0.120. The van der Waals surface area contributed by atoms with Crippen LogP contribution in [0.25, 0.3) is 0 Å². The molecule has 96 valence electrons. The molecule has 1 unspecified atom stereocenters. The summed E-state index contributed by atoms with van der Waals surface area (Å²) >= 11 is 6.18. The molecule has 0 saturated carbocycles. The van der Waals surface area contributed by atoms with Crippen LogP contribution in [0.1, 0.15) is 32.3 Å². The van der Waals surface area contributed by atoms with Gasteiger partial charge in [-0.25, -0.2) is 0 Å². The van der Waals surface area contributed by atoms with Gasteiger partial charge in [0.2, 0.25) is 0 Å². The van der Waals surface area contributed by atoms with Crippen LogP contribution in [0.4, 0.5) is 0 Å². The van der Waals surface area contributed by atoms with Crippen LogP contribution in [-0.2, 0) is 6.54 Å². The van der Waals surface area contributed by atoms with Crippen LogP contribution in [0.3, 0.4) is 0 Å². The summed E-state index contributed by atoms with van der Waals surface area (Å²) in [4.78, 5) is 0. The SMILES string of the molecule is CCCC(C)Oc1c(Cl)cc(CN)cc1OC. The molecular weight excluding hydrogens is 238 g/mol. The molecule has 0 heterocycles. The Kier molecular flexibility index (Phi) is 5.59. The lowest BCUT2D eigenvalue weighted by Crippen LogP contribution is -2.12. The number of hydrogen-bond donors (Lipinski definition) is 1. The zero-order valence-electron chi connectivity index (χ0n) is 10.6. The van der Waals surface area contributed by atoms with Crippen LogP contribution >= 0.6 is 11.6 Å². The smallest absolute Gasteiger partial charge is 0.180 e. The zero-order chi connectivity index (χ0) is 12.8. The van der Waals surface area contributed by atoms with Crippen LogP contribution in [0.5, 0.6) is 11.5 Å². The summed E-state index contributed by atoms with van der Waals surface area (Å²) < 4.78 is 11.1. The van der Waals surface area contributed by atoms with Crippen molar-refractivity contribution >= 4 is 11.6 Å². The predicted molar refractivity (Wildman–Crippen MR) is 70.9 cm³/mol. The fourth-order valence-electron chi connectivity index (χ4n) is 1.67. The second kappa shape index (κ2) is 6.72. The Hall–Kier alpha value is -0.930. The largest absolute Gasteiger partial charge is 0.493 e. The average molecular weight is 258 g/mol. The van der Waals surface area contributed by atoms with Crippen LogP contribution < -0.4 is 15.2 Å². The van der Waals surface area contributed by atoms with Crippen molar-refractivity contribution in [3.63, 3.8) is 0 Å². The average Bonchev–Trinajstić information content (AvgIpc) is 2.31. The molecule has 1 aromatic rings. The Morgan fingerprint density at radius 1 is 1.41 bits per heavy atom. The third-order valence-corrected chi connectivity index (χ3v) is 2.82. The van der Waals surface area contributed by atoms with Crippen molar-refractivity contribution in [1.29, 1.82) is 0 Å². The van der Waals surface area contributed by atoms with Gasteiger partial charge in [0.1, 0.15) is 0 Å². The van der Waals surface area contributed by atoms with Crippen molar-refractivity contribution in [1.82, 2.24) is 0 Å². The van der Waals surface area contributed by atoms with E-state index in [-0.39, 0.29) is 6.10 Å². The van der Waals surface area contributed by atoms with Gasteiger partial charge in [-0.2, -0.15) is 0 Å². The molecule has 0 aliphatic heterocycles. The summed E-state index contributed by atoms with van der Waals surface area (Å²) in [6.07, 6.45) is 2.18. The number of methoxy groups -OCH3 is 1. The molecule has 0 fully saturated rings. The van der Waals surface area contributed by atoms with Gasteiger partial charge in [0.05, 0.1) is 18.2 Å². The molecule has 2 N–H and O–H groups in total. The van der Waals surface area contributed by atoms with E-state index in [1.165, 1.54) is 0 Å². The van der Waals surface area contributed by atoms with Crippen molar-refractivity contribution in [3.05, 3.63) is 22.7 Å². The first kappa shape index (κ1) is 14.1. The lowest BCUT2D eigenvalue weighted by Gasteiger charge is -2.18. The van der Waals surface area contributed by atoms with Crippen molar-refractivity contribution in [2.75, 3.05) is 7.11 Å². The van der Waals surface area contributed by atoms with Gasteiger partial charge in [-0.15, -0.1) is 0 Å². The van der Waals surface area contributed by atoms with E-state index in [4.69, 9.17) is 26.8 Å². The van der Waals surface area contributed by atoms with Gasteiger partial charge in [-0.3, -0.25) is 0 Å². The maximum atomic E-state index is 6.18. The molecule has 0 bridgehead atoms. The van der Waals surface area contributed by atoms with Crippen LogP contribution in [0, 0.1) is 0 Å². The normalized spacial score (nSPS) is 12.3. The van der Waals surface area contributed by atoms with E-state index < -0.39 is 0 Å². The number of ether oxygens (including phenoxy) is 2. The van der Waals surface area contributed by atoms with Gasteiger partial charge in [-0.1, -0.05) is 24.9 Å². The molecule has 0 aliphatic carbocycles. The molecule has 1 rings (SSSR count). The third kappa shape index (κ3) is 3.79. The lowest BCUT2D eigenvalue weighted by atomic mass is 10.2. The maximum absolute atomic E-state index is 6.18. The first-order valence-electron chi connectivity index (χ1n) is 5.85. The van der Waals surface area contributed by atoms with Gasteiger partial charge in [-0.05, 0) is 31.0 Å². The zero-order valence-corrected chi connectivity index (χ0v) is 11.4. The maximum Gasteiger partial charge on any atom is 0.180 e. The Balaban J connectivity index is 2.97. The quantitative estimate of drug-likeness (QED) is 0.850. The molecule has 0 aromatic heterocycles. The van der Waals surface area contributed by atoms with Crippen molar-refractivity contribution in [2.45, 2.75) is 39.3 Å². The molecule has 1 atom stereocenters. The second-order valence-corrected chi connectivity index (χ2v) is 4.44. The monoisotopic (exact) mass is 257 g/mol. The van der Waals surface area contributed by atoms with Gasteiger partial charge >= 0.3 is 0 Å². The summed E-state index contributed by atoms with van der Waals surface area (Å²) in [5.74, 6) is 1.24. The van der Waals surface area contributed by atoms with Crippen LogP contribution in [0.15, 0.2) is 12.1 Å². The van der Waals surface area contributed by atoms with Gasteiger partial charge in [0, 0.05) is 6.54 Å². The highest BCUT2D eigenvalue weighted by Gasteiger charge is 2.14. The summed E-state index contributed by atoms with van der Waals surface area (Å²) in [6, 6.07) is 3.68. The minimum atomic E-state index is 0.120. The van der Waals surface area contributed by atoms with Crippen molar-refractivity contribution < 1.29 is 9.47 Å². The molecule has 17 heavy (non-hydrogen) atoms. The molecule has 0 aliphatic rings. The van der Waals surface area contributed by atoms with Crippen molar-refractivity contribution in [2.24, 2.45) is 5.73 Å². The molecule has 0 saturated heterocycles. The van der Waals surface area contributed by atoms with E-state index in [0.29, 0.717) is 23.1 Å². The van der Waals surface area contributed by atoms with Crippen molar-refractivity contribution in [3.8, 4) is 11.5 Å². The molecule has 0 spiro atoms. The highest BCUT2D eigenvalue weighted by Crippen LogP contribution is 2.37. The highest BCUT2D eigenvalue weighted by molar-refractivity contribution is 6.32. The van der Waals surface area contributed by atoms with Crippen LogP contribution in [0.2, 0.25) is 5.02 Å². The molecular formula is C13H20ClNO2. The summed E-state index contributed by atoms with van der Waals surface area (Å²) in [7, 11) is 1.60. The molecule has 4 heteroatoms. The molecule has 0 amide bonds. The van der Waals surface area contributed by atoms with Gasteiger partial charge < -0.3 is 15.2 Å². The molecule has 1 aromatic carbocycles.